The molecule has 2 rings (SSSR count). The van der Waals surface area contributed by atoms with Crippen molar-refractivity contribution in [3.05, 3.63) is 0 Å². The van der Waals surface area contributed by atoms with Crippen molar-refractivity contribution in [2.75, 3.05) is 6.54 Å². The van der Waals surface area contributed by atoms with Gasteiger partial charge in [0, 0.05) is 19.0 Å². The molecule has 18 heavy (non-hydrogen) atoms. The number of carboxylic acids is 1. The summed E-state index contributed by atoms with van der Waals surface area (Å²) in [5.41, 5.74) is 0. The van der Waals surface area contributed by atoms with Crippen LogP contribution in [-0.4, -0.2) is 51.8 Å². The zero-order valence-corrected chi connectivity index (χ0v) is 10.5. The van der Waals surface area contributed by atoms with Crippen molar-refractivity contribution in [1.82, 2.24) is 10.2 Å². The first-order valence-electron chi connectivity index (χ1n) is 6.45. The van der Waals surface area contributed by atoms with Crippen LogP contribution in [0.25, 0.3) is 0 Å². The maximum absolute atomic E-state index is 12.0. The Kier molecular flexibility index (Phi) is 3.75. The molecule has 0 radical (unpaired) electrons. The van der Waals surface area contributed by atoms with Gasteiger partial charge in [0.05, 0.1) is 6.10 Å². The van der Waals surface area contributed by atoms with E-state index in [1.165, 1.54) is 4.90 Å². The molecule has 3 N–H and O–H groups in total. The van der Waals surface area contributed by atoms with Crippen LogP contribution < -0.4 is 5.32 Å². The second-order valence-electron chi connectivity index (χ2n) is 5.46. The van der Waals surface area contributed by atoms with E-state index in [0.29, 0.717) is 5.92 Å². The van der Waals surface area contributed by atoms with E-state index in [9.17, 15) is 14.7 Å². The number of aliphatic hydroxyl groups excluding tert-OH is 1. The van der Waals surface area contributed by atoms with Crippen LogP contribution in [0.3, 0.4) is 0 Å². The molecule has 0 aromatic carbocycles. The Labute approximate surface area is 106 Å². The fourth-order valence-corrected chi connectivity index (χ4v) is 2.87. The van der Waals surface area contributed by atoms with Gasteiger partial charge < -0.3 is 20.4 Å². The molecule has 2 aliphatic rings. The Morgan fingerprint density at radius 2 is 2.00 bits per heavy atom. The lowest BCUT2D eigenvalue weighted by molar-refractivity contribution is -0.141. The molecule has 6 nitrogen and oxygen atoms in total. The molecule has 4 atom stereocenters. The third-order valence-electron chi connectivity index (χ3n) is 3.85. The van der Waals surface area contributed by atoms with Crippen LogP contribution in [0.5, 0.6) is 0 Å². The van der Waals surface area contributed by atoms with Gasteiger partial charge in [0.25, 0.3) is 0 Å². The number of likely N-dealkylation sites (tertiary alicyclic amines) is 1. The fourth-order valence-electron chi connectivity index (χ4n) is 2.87. The first-order chi connectivity index (χ1) is 8.47. The normalized spacial score (nSPS) is 35.8. The Bertz CT molecular complexity index is 347. The summed E-state index contributed by atoms with van der Waals surface area (Å²) in [5.74, 6) is -0.448. The molecule has 102 valence electrons. The lowest BCUT2D eigenvalue weighted by Gasteiger charge is -2.24. The van der Waals surface area contributed by atoms with Crippen molar-refractivity contribution < 1.29 is 19.8 Å². The number of β-amino-alcohol motifs (C(OH)–C–C–N with tert-alkyl or cyclic N) is 1. The molecule has 0 spiro atoms. The number of carboxylic acid groups (broad SMARTS) is 1. The first kappa shape index (κ1) is 13.1. The smallest absolute Gasteiger partial charge is 0.326 e. The standard InChI is InChI=1S/C12H20N2O4/c1-7-2-3-8(4-7)13-12(18)14-6-9(15)5-10(14)11(16)17/h7-10,15H,2-6H2,1H3,(H,13,18)(H,16,17)/t7?,8?,9-,10-/m1/s1. The second kappa shape index (κ2) is 5.14. The SMILES string of the molecule is CC1CCC(NC(=O)N2C[C@H](O)C[C@@H]2C(=O)O)C1. The summed E-state index contributed by atoms with van der Waals surface area (Å²) in [4.78, 5) is 24.3. The highest BCUT2D eigenvalue weighted by atomic mass is 16.4. The molecule has 1 saturated heterocycles. The van der Waals surface area contributed by atoms with Gasteiger partial charge in [-0.1, -0.05) is 6.92 Å². The number of carbonyl (C=O) groups excluding carboxylic acids is 1. The molecule has 2 unspecified atom stereocenters. The highest BCUT2D eigenvalue weighted by molar-refractivity contribution is 5.83. The molecule has 6 heteroatoms. The number of rotatable bonds is 2. The quantitative estimate of drug-likeness (QED) is 0.667. The maximum Gasteiger partial charge on any atom is 0.326 e. The highest BCUT2D eigenvalue weighted by Gasteiger charge is 2.39. The Morgan fingerprint density at radius 1 is 1.28 bits per heavy atom. The molecule has 0 aromatic heterocycles. The van der Waals surface area contributed by atoms with Gasteiger partial charge in [-0.05, 0) is 25.2 Å². The molecule has 1 saturated carbocycles. The van der Waals surface area contributed by atoms with Crippen molar-refractivity contribution in [2.24, 2.45) is 5.92 Å². The summed E-state index contributed by atoms with van der Waals surface area (Å²) >= 11 is 0. The van der Waals surface area contributed by atoms with E-state index < -0.39 is 18.1 Å². The summed E-state index contributed by atoms with van der Waals surface area (Å²) < 4.78 is 0. The van der Waals surface area contributed by atoms with E-state index in [4.69, 9.17) is 5.11 Å². The first-order valence-corrected chi connectivity index (χ1v) is 6.45. The fraction of sp³-hybridized carbons (Fsp3) is 0.833. The lowest BCUT2D eigenvalue weighted by Crippen LogP contribution is -2.48. The van der Waals surface area contributed by atoms with Crippen molar-refractivity contribution in [2.45, 2.75) is 50.8 Å². The predicted octanol–water partition coefficient (Wildman–Crippen LogP) is 0.404. The third kappa shape index (κ3) is 2.75. The zero-order valence-electron chi connectivity index (χ0n) is 10.5. The van der Waals surface area contributed by atoms with Crippen molar-refractivity contribution in [1.29, 1.82) is 0 Å². The Hall–Kier alpha value is -1.30. The van der Waals surface area contributed by atoms with E-state index in [0.717, 1.165) is 19.3 Å². The van der Waals surface area contributed by atoms with Crippen LogP contribution >= 0.6 is 0 Å². The monoisotopic (exact) mass is 256 g/mol. The third-order valence-corrected chi connectivity index (χ3v) is 3.85. The molecule has 1 heterocycles. The average molecular weight is 256 g/mol. The molecule has 2 amide bonds. The number of carbonyl (C=O) groups is 2. The minimum Gasteiger partial charge on any atom is -0.480 e. The number of amides is 2. The van der Waals surface area contributed by atoms with Crippen molar-refractivity contribution >= 4 is 12.0 Å². The van der Waals surface area contributed by atoms with Crippen LogP contribution in [0, 0.1) is 5.92 Å². The van der Waals surface area contributed by atoms with Gasteiger partial charge in [0.2, 0.25) is 0 Å². The molecule has 2 fully saturated rings. The number of nitrogens with one attached hydrogen (secondary N) is 1. The van der Waals surface area contributed by atoms with Gasteiger partial charge in [-0.3, -0.25) is 0 Å². The summed E-state index contributed by atoms with van der Waals surface area (Å²) in [6.07, 6.45) is 2.36. The molecular formula is C12H20N2O4. The van der Waals surface area contributed by atoms with E-state index in [1.54, 1.807) is 0 Å². The van der Waals surface area contributed by atoms with E-state index >= 15 is 0 Å². The topological polar surface area (TPSA) is 89.9 Å². The molecule has 0 bridgehead atoms. The summed E-state index contributed by atoms with van der Waals surface area (Å²) in [6.45, 7) is 2.25. The predicted molar refractivity (Wildman–Crippen MR) is 64.1 cm³/mol. The number of hydrogen-bond acceptors (Lipinski definition) is 3. The largest absolute Gasteiger partial charge is 0.480 e. The molecule has 1 aliphatic heterocycles. The van der Waals surface area contributed by atoms with Crippen LogP contribution in [0.1, 0.15) is 32.6 Å². The van der Waals surface area contributed by atoms with Gasteiger partial charge in [-0.25, -0.2) is 9.59 Å². The molecule has 0 aromatic rings. The number of urea groups is 1. The van der Waals surface area contributed by atoms with Crippen LogP contribution in [0.2, 0.25) is 0 Å². The van der Waals surface area contributed by atoms with Crippen molar-refractivity contribution in [3.63, 3.8) is 0 Å². The molecule has 1 aliphatic carbocycles. The van der Waals surface area contributed by atoms with E-state index in [2.05, 4.69) is 12.2 Å². The van der Waals surface area contributed by atoms with Gasteiger partial charge in [-0.15, -0.1) is 0 Å². The average Bonchev–Trinajstić information content (AvgIpc) is 2.85. The summed E-state index contributed by atoms with van der Waals surface area (Å²) in [6, 6.07) is -1.13. The second-order valence-corrected chi connectivity index (χ2v) is 5.46. The van der Waals surface area contributed by atoms with Crippen LogP contribution in [-0.2, 0) is 4.79 Å². The van der Waals surface area contributed by atoms with Gasteiger partial charge in [0.15, 0.2) is 0 Å². The Morgan fingerprint density at radius 3 is 2.56 bits per heavy atom. The summed E-state index contributed by atoms with van der Waals surface area (Å²) in [5, 5.41) is 21.4. The van der Waals surface area contributed by atoms with Gasteiger partial charge >= 0.3 is 12.0 Å². The minimum atomic E-state index is -1.05. The minimum absolute atomic E-state index is 0.102. The number of aliphatic carboxylic acids is 1. The Balaban J connectivity index is 1.93. The van der Waals surface area contributed by atoms with Gasteiger partial charge in [-0.2, -0.15) is 0 Å². The van der Waals surface area contributed by atoms with Crippen LogP contribution in [0.15, 0.2) is 0 Å². The highest BCUT2D eigenvalue weighted by Crippen LogP contribution is 2.25. The number of nitrogens with zero attached hydrogens (tertiary/aromatic N) is 1. The zero-order chi connectivity index (χ0) is 13.3. The molecular weight excluding hydrogens is 236 g/mol. The van der Waals surface area contributed by atoms with Gasteiger partial charge in [0.1, 0.15) is 6.04 Å². The van der Waals surface area contributed by atoms with Crippen molar-refractivity contribution in [3.8, 4) is 0 Å². The maximum atomic E-state index is 12.0. The van der Waals surface area contributed by atoms with Crippen LogP contribution in [0.4, 0.5) is 4.79 Å². The summed E-state index contributed by atoms with van der Waals surface area (Å²) in [7, 11) is 0. The van der Waals surface area contributed by atoms with E-state index in [1.807, 2.05) is 0 Å². The number of aliphatic hydroxyl groups is 1. The lowest BCUT2D eigenvalue weighted by atomic mass is 10.1. The van der Waals surface area contributed by atoms with E-state index in [-0.39, 0.29) is 25.0 Å². The number of hydrogen-bond donors (Lipinski definition) is 3.